The van der Waals surface area contributed by atoms with Gasteiger partial charge >= 0.3 is 6.18 Å². The standard InChI is InChI=1S/C18H22F5N3O.2ClH/c19-17(20)10-15(24-12-17)16(27)26-7-1-6-25(8-9-26)11-13-2-4-14(5-3-13)18(21,22)23;;/h2-5,15,24H,1,6-12H2;2*1H. The predicted molar refractivity (Wildman–Crippen MR) is 104 cm³/mol. The fraction of sp³-hybridized carbons (Fsp3) is 0.611. The van der Waals surface area contributed by atoms with Gasteiger partial charge in [0.15, 0.2) is 0 Å². The van der Waals surface area contributed by atoms with Gasteiger partial charge in [0.2, 0.25) is 5.91 Å². The van der Waals surface area contributed by atoms with E-state index in [9.17, 15) is 26.7 Å². The van der Waals surface area contributed by atoms with Crippen LogP contribution < -0.4 is 5.32 Å². The lowest BCUT2D eigenvalue weighted by Gasteiger charge is -2.24. The van der Waals surface area contributed by atoms with E-state index >= 15 is 0 Å². The number of nitrogens with one attached hydrogen (secondary N) is 1. The lowest BCUT2D eigenvalue weighted by Crippen LogP contribution is -2.45. The van der Waals surface area contributed by atoms with Gasteiger partial charge < -0.3 is 4.90 Å². The first-order chi connectivity index (χ1) is 12.6. The highest BCUT2D eigenvalue weighted by Crippen LogP contribution is 2.29. The van der Waals surface area contributed by atoms with Crippen LogP contribution in [-0.4, -0.2) is 60.4 Å². The van der Waals surface area contributed by atoms with Crippen LogP contribution in [0.4, 0.5) is 22.0 Å². The molecule has 0 bridgehead atoms. The van der Waals surface area contributed by atoms with E-state index in [0.717, 1.165) is 17.7 Å². The van der Waals surface area contributed by atoms with Crippen LogP contribution in [0.5, 0.6) is 0 Å². The van der Waals surface area contributed by atoms with Gasteiger partial charge in [-0.1, -0.05) is 12.1 Å². The summed E-state index contributed by atoms with van der Waals surface area (Å²) in [6.07, 6.45) is -4.14. The maximum Gasteiger partial charge on any atom is 0.416 e. The fourth-order valence-corrected chi connectivity index (χ4v) is 3.52. The minimum atomic E-state index is -4.35. The van der Waals surface area contributed by atoms with E-state index in [0.29, 0.717) is 39.1 Å². The number of alkyl halides is 5. The molecule has 2 heterocycles. The summed E-state index contributed by atoms with van der Waals surface area (Å²) in [5.74, 6) is -3.15. The second-order valence-electron chi connectivity index (χ2n) is 7.14. The normalized spacial score (nSPS) is 22.4. The van der Waals surface area contributed by atoms with Gasteiger partial charge in [-0.25, -0.2) is 8.78 Å². The number of hydrogen-bond donors (Lipinski definition) is 1. The first kappa shape index (κ1) is 25.9. The summed E-state index contributed by atoms with van der Waals surface area (Å²) in [4.78, 5) is 16.1. The van der Waals surface area contributed by atoms with Gasteiger partial charge in [-0.05, 0) is 24.1 Å². The zero-order chi connectivity index (χ0) is 19.7. The maximum atomic E-state index is 13.3. The Morgan fingerprint density at radius 3 is 2.28 bits per heavy atom. The molecule has 2 fully saturated rings. The van der Waals surface area contributed by atoms with Gasteiger partial charge in [0.05, 0.1) is 18.2 Å². The van der Waals surface area contributed by atoms with Crippen molar-refractivity contribution in [3.63, 3.8) is 0 Å². The third-order valence-electron chi connectivity index (χ3n) is 5.00. The molecule has 0 saturated carbocycles. The Labute approximate surface area is 178 Å². The minimum absolute atomic E-state index is 0. The van der Waals surface area contributed by atoms with Crippen LogP contribution in [0.3, 0.4) is 0 Å². The van der Waals surface area contributed by atoms with Gasteiger partial charge in [-0.3, -0.25) is 15.0 Å². The highest BCUT2D eigenvalue weighted by molar-refractivity contribution is 5.85. The van der Waals surface area contributed by atoms with E-state index in [1.54, 1.807) is 4.90 Å². The summed E-state index contributed by atoms with van der Waals surface area (Å²) in [5.41, 5.74) is 0.0830. The lowest BCUT2D eigenvalue weighted by molar-refractivity contribution is -0.137. The molecule has 2 aliphatic rings. The molecule has 0 radical (unpaired) electrons. The van der Waals surface area contributed by atoms with Crippen molar-refractivity contribution in [3.8, 4) is 0 Å². The number of halogens is 7. The molecular formula is C18H24Cl2F5N3O. The summed E-state index contributed by atoms with van der Waals surface area (Å²) >= 11 is 0. The summed E-state index contributed by atoms with van der Waals surface area (Å²) in [7, 11) is 0. The van der Waals surface area contributed by atoms with Crippen molar-refractivity contribution in [1.29, 1.82) is 0 Å². The Kier molecular flexibility index (Phi) is 9.13. The van der Waals surface area contributed by atoms with E-state index < -0.39 is 36.7 Å². The van der Waals surface area contributed by atoms with Gasteiger partial charge in [0.25, 0.3) is 5.92 Å². The molecule has 0 aromatic heterocycles. The molecule has 2 aliphatic heterocycles. The molecule has 1 N–H and O–H groups in total. The Morgan fingerprint density at radius 1 is 1.07 bits per heavy atom. The zero-order valence-corrected chi connectivity index (χ0v) is 17.2. The summed E-state index contributed by atoms with van der Waals surface area (Å²) in [6.45, 7) is 2.17. The number of nitrogens with zero attached hydrogens (tertiary/aromatic N) is 2. The minimum Gasteiger partial charge on any atom is -0.340 e. The molecule has 0 spiro atoms. The lowest BCUT2D eigenvalue weighted by atomic mass is 10.1. The van der Waals surface area contributed by atoms with Crippen LogP contribution in [0.15, 0.2) is 24.3 Å². The molecule has 2 saturated heterocycles. The van der Waals surface area contributed by atoms with Gasteiger partial charge in [0, 0.05) is 39.1 Å². The Balaban J connectivity index is 0.00000210. The molecule has 1 aromatic carbocycles. The van der Waals surface area contributed by atoms with E-state index in [-0.39, 0.29) is 30.7 Å². The van der Waals surface area contributed by atoms with Crippen LogP contribution in [-0.2, 0) is 17.5 Å². The predicted octanol–water partition coefficient (Wildman–Crippen LogP) is 3.58. The number of hydrogen-bond acceptors (Lipinski definition) is 3. The van der Waals surface area contributed by atoms with Crippen molar-refractivity contribution in [3.05, 3.63) is 35.4 Å². The molecule has 11 heteroatoms. The average Bonchev–Trinajstić information content (AvgIpc) is 2.81. The summed E-state index contributed by atoms with van der Waals surface area (Å²) < 4.78 is 64.5. The smallest absolute Gasteiger partial charge is 0.340 e. The quantitative estimate of drug-likeness (QED) is 0.695. The van der Waals surface area contributed by atoms with E-state index in [1.165, 1.54) is 12.1 Å². The molecule has 1 unspecified atom stereocenters. The number of amides is 1. The average molecular weight is 464 g/mol. The monoisotopic (exact) mass is 463 g/mol. The molecule has 1 atom stereocenters. The molecule has 0 aliphatic carbocycles. The third-order valence-corrected chi connectivity index (χ3v) is 5.00. The molecule has 1 amide bonds. The molecule has 29 heavy (non-hydrogen) atoms. The van der Waals surface area contributed by atoms with Gasteiger partial charge in [-0.15, -0.1) is 24.8 Å². The van der Waals surface area contributed by atoms with Crippen LogP contribution >= 0.6 is 24.8 Å². The largest absolute Gasteiger partial charge is 0.416 e. The van der Waals surface area contributed by atoms with Crippen LogP contribution in [0, 0.1) is 0 Å². The van der Waals surface area contributed by atoms with Crippen LogP contribution in [0.2, 0.25) is 0 Å². The Hall–Kier alpha value is -1.16. The molecule has 1 aromatic rings. The highest BCUT2D eigenvalue weighted by atomic mass is 35.5. The SMILES string of the molecule is Cl.Cl.O=C(C1CC(F)(F)CN1)N1CCCN(Cc2ccc(C(F)(F)F)cc2)CC1. The fourth-order valence-electron chi connectivity index (χ4n) is 3.52. The highest BCUT2D eigenvalue weighted by Gasteiger charge is 2.43. The van der Waals surface area contributed by atoms with Crippen molar-refractivity contribution < 1.29 is 26.7 Å². The van der Waals surface area contributed by atoms with E-state index in [4.69, 9.17) is 0 Å². The van der Waals surface area contributed by atoms with Gasteiger partial charge in [-0.2, -0.15) is 13.2 Å². The van der Waals surface area contributed by atoms with Crippen molar-refractivity contribution >= 4 is 30.7 Å². The van der Waals surface area contributed by atoms with Crippen molar-refractivity contribution in [1.82, 2.24) is 15.1 Å². The van der Waals surface area contributed by atoms with Crippen molar-refractivity contribution in [2.75, 3.05) is 32.7 Å². The maximum absolute atomic E-state index is 13.3. The Bertz CT molecular complexity index is 672. The number of rotatable bonds is 3. The van der Waals surface area contributed by atoms with E-state index in [2.05, 4.69) is 10.2 Å². The summed E-state index contributed by atoms with van der Waals surface area (Å²) in [5, 5.41) is 2.59. The van der Waals surface area contributed by atoms with Crippen molar-refractivity contribution in [2.24, 2.45) is 0 Å². The van der Waals surface area contributed by atoms with Crippen molar-refractivity contribution in [2.45, 2.75) is 37.5 Å². The zero-order valence-electron chi connectivity index (χ0n) is 15.6. The number of benzene rings is 1. The summed E-state index contributed by atoms with van der Waals surface area (Å²) in [6, 6.07) is 4.20. The van der Waals surface area contributed by atoms with Crippen LogP contribution in [0.25, 0.3) is 0 Å². The molecule has 3 rings (SSSR count). The first-order valence-electron chi connectivity index (χ1n) is 8.92. The molecule has 4 nitrogen and oxygen atoms in total. The van der Waals surface area contributed by atoms with Gasteiger partial charge in [0.1, 0.15) is 0 Å². The second kappa shape index (κ2) is 10.2. The van der Waals surface area contributed by atoms with Crippen LogP contribution in [0.1, 0.15) is 24.0 Å². The third kappa shape index (κ3) is 6.94. The number of carbonyl (C=O) groups excluding carboxylic acids is 1. The number of carbonyl (C=O) groups is 1. The molecular weight excluding hydrogens is 440 g/mol. The van der Waals surface area contributed by atoms with E-state index in [1.807, 2.05) is 0 Å². The topological polar surface area (TPSA) is 35.6 Å². The Morgan fingerprint density at radius 2 is 1.72 bits per heavy atom. The molecule has 166 valence electrons. The second-order valence-corrected chi connectivity index (χ2v) is 7.14. The first-order valence-corrected chi connectivity index (χ1v) is 8.92.